The lowest BCUT2D eigenvalue weighted by Crippen LogP contribution is -2.32. The van der Waals surface area contributed by atoms with E-state index in [1.807, 2.05) is 61.5 Å². The van der Waals surface area contributed by atoms with Crippen molar-refractivity contribution in [1.82, 2.24) is 0 Å². The molecule has 0 saturated heterocycles. The highest BCUT2D eigenvalue weighted by Gasteiger charge is 2.44. The number of anilines is 1. The van der Waals surface area contributed by atoms with Gasteiger partial charge in [0.05, 0.1) is 5.41 Å². The Kier molecular flexibility index (Phi) is 3.74. The van der Waals surface area contributed by atoms with E-state index >= 15 is 0 Å². The summed E-state index contributed by atoms with van der Waals surface area (Å²) in [5.41, 5.74) is 4.23. The Morgan fingerprint density at radius 3 is 2.59 bits per heavy atom. The fourth-order valence-corrected chi connectivity index (χ4v) is 4.03. The van der Waals surface area contributed by atoms with Crippen LogP contribution in [0.2, 0.25) is 0 Å². The fraction of sp³-hybridized carbons (Fsp3) is 0.167. The van der Waals surface area contributed by atoms with Crippen LogP contribution in [-0.2, 0) is 10.2 Å². The molecule has 0 spiro atoms. The van der Waals surface area contributed by atoms with Crippen LogP contribution in [0.25, 0.3) is 11.1 Å². The Morgan fingerprint density at radius 2 is 1.76 bits per heavy atom. The van der Waals surface area contributed by atoms with Gasteiger partial charge in [-0.25, -0.2) is 0 Å². The van der Waals surface area contributed by atoms with E-state index in [4.69, 9.17) is 9.47 Å². The molecule has 3 aromatic rings. The van der Waals surface area contributed by atoms with Gasteiger partial charge < -0.3 is 14.8 Å². The van der Waals surface area contributed by atoms with Crippen LogP contribution in [0.4, 0.5) is 5.69 Å². The number of hydrogen-bond acceptors (Lipinski definition) is 4. The summed E-state index contributed by atoms with van der Waals surface area (Å²) in [6, 6.07) is 19.1. The number of amides is 1. The minimum absolute atomic E-state index is 0.0232. The molecule has 0 fully saturated rings. The van der Waals surface area contributed by atoms with Crippen molar-refractivity contribution in [2.24, 2.45) is 0 Å². The molecule has 5 heteroatoms. The van der Waals surface area contributed by atoms with E-state index in [2.05, 4.69) is 5.32 Å². The van der Waals surface area contributed by atoms with Crippen LogP contribution in [0.15, 0.2) is 60.7 Å². The van der Waals surface area contributed by atoms with Gasteiger partial charge in [0.1, 0.15) is 0 Å². The van der Waals surface area contributed by atoms with Gasteiger partial charge >= 0.3 is 0 Å². The lowest BCUT2D eigenvalue weighted by atomic mass is 9.76. The number of carbonyl (C=O) groups is 2. The summed E-state index contributed by atoms with van der Waals surface area (Å²) < 4.78 is 10.9. The number of rotatable bonds is 3. The molecule has 2 heterocycles. The predicted molar refractivity (Wildman–Crippen MR) is 110 cm³/mol. The molecule has 0 saturated carbocycles. The molecular weight excluding hydrogens is 366 g/mol. The maximum absolute atomic E-state index is 13.0. The van der Waals surface area contributed by atoms with Crippen LogP contribution in [0.5, 0.6) is 11.5 Å². The van der Waals surface area contributed by atoms with Gasteiger partial charge in [0.25, 0.3) is 0 Å². The molecule has 3 aromatic carbocycles. The van der Waals surface area contributed by atoms with E-state index in [0.29, 0.717) is 17.1 Å². The number of hydrogen-bond donors (Lipinski definition) is 1. The smallest absolute Gasteiger partial charge is 0.239 e. The highest BCUT2D eigenvalue weighted by molar-refractivity contribution is 6.09. The monoisotopic (exact) mass is 385 g/mol. The van der Waals surface area contributed by atoms with Gasteiger partial charge in [-0.1, -0.05) is 30.3 Å². The second-order valence-corrected chi connectivity index (χ2v) is 7.54. The van der Waals surface area contributed by atoms with Crippen LogP contribution >= 0.6 is 0 Å². The summed E-state index contributed by atoms with van der Waals surface area (Å²) in [5.74, 6) is 1.28. The van der Waals surface area contributed by atoms with Gasteiger partial charge in [-0.05, 0) is 66.4 Å². The minimum Gasteiger partial charge on any atom is -0.454 e. The molecule has 1 amide bonds. The van der Waals surface area contributed by atoms with E-state index in [1.165, 1.54) is 0 Å². The lowest BCUT2D eigenvalue weighted by molar-refractivity contribution is -0.119. The molecule has 2 aliphatic rings. The number of ketones is 1. The summed E-state index contributed by atoms with van der Waals surface area (Å²) in [6.45, 7) is 3.66. The van der Waals surface area contributed by atoms with Crippen LogP contribution in [0, 0.1) is 0 Å². The first kappa shape index (κ1) is 17.5. The molecule has 0 radical (unpaired) electrons. The van der Waals surface area contributed by atoms with Crippen molar-refractivity contribution in [2.45, 2.75) is 19.3 Å². The normalized spacial score (nSPS) is 19.0. The molecule has 5 rings (SSSR count). The van der Waals surface area contributed by atoms with Crippen molar-refractivity contribution in [3.05, 3.63) is 77.4 Å². The first-order valence-electron chi connectivity index (χ1n) is 9.44. The molecule has 1 atom stereocenters. The van der Waals surface area contributed by atoms with Crippen LogP contribution in [-0.4, -0.2) is 18.5 Å². The molecule has 144 valence electrons. The molecule has 0 bridgehead atoms. The highest BCUT2D eigenvalue weighted by Crippen LogP contribution is 2.46. The summed E-state index contributed by atoms with van der Waals surface area (Å²) in [6.07, 6.45) is 0. The number of nitrogens with one attached hydrogen (secondary N) is 1. The first-order chi connectivity index (χ1) is 14.0. The van der Waals surface area contributed by atoms with Gasteiger partial charge in [0, 0.05) is 11.3 Å². The topological polar surface area (TPSA) is 64.6 Å². The van der Waals surface area contributed by atoms with Crippen LogP contribution in [0.1, 0.15) is 35.3 Å². The Balaban J connectivity index is 1.63. The Morgan fingerprint density at radius 1 is 0.966 bits per heavy atom. The van der Waals surface area contributed by atoms with Gasteiger partial charge in [-0.2, -0.15) is 0 Å². The molecule has 1 N–H and O–H groups in total. The zero-order valence-electron chi connectivity index (χ0n) is 16.1. The van der Waals surface area contributed by atoms with E-state index in [9.17, 15) is 9.59 Å². The van der Waals surface area contributed by atoms with Gasteiger partial charge in [-0.3, -0.25) is 9.59 Å². The Hall–Kier alpha value is -3.60. The molecule has 2 aliphatic heterocycles. The quantitative estimate of drug-likeness (QED) is 0.672. The van der Waals surface area contributed by atoms with Crippen molar-refractivity contribution in [1.29, 1.82) is 0 Å². The second kappa shape index (κ2) is 6.21. The zero-order chi connectivity index (χ0) is 20.2. The number of fused-ring (bicyclic) bond motifs is 2. The van der Waals surface area contributed by atoms with Gasteiger partial charge in [-0.15, -0.1) is 0 Å². The summed E-state index contributed by atoms with van der Waals surface area (Å²) in [4.78, 5) is 24.8. The molecule has 5 nitrogen and oxygen atoms in total. The first-order valence-corrected chi connectivity index (χ1v) is 9.44. The van der Waals surface area contributed by atoms with Crippen molar-refractivity contribution < 1.29 is 19.1 Å². The number of carbonyl (C=O) groups excluding carboxylic acids is 2. The van der Waals surface area contributed by atoms with E-state index in [-0.39, 0.29) is 18.5 Å². The van der Waals surface area contributed by atoms with Crippen LogP contribution in [0.3, 0.4) is 0 Å². The van der Waals surface area contributed by atoms with Crippen molar-refractivity contribution in [3.8, 4) is 22.6 Å². The predicted octanol–water partition coefficient (Wildman–Crippen LogP) is 4.54. The second-order valence-electron chi connectivity index (χ2n) is 7.54. The average Bonchev–Trinajstić information content (AvgIpc) is 3.30. The average molecular weight is 385 g/mol. The molecule has 0 aromatic heterocycles. The third kappa shape index (κ3) is 2.62. The molecular formula is C24H19NO4. The maximum atomic E-state index is 13.0. The highest BCUT2D eigenvalue weighted by atomic mass is 16.7. The largest absolute Gasteiger partial charge is 0.454 e. The minimum atomic E-state index is -0.857. The Labute approximate surface area is 168 Å². The van der Waals surface area contributed by atoms with E-state index in [1.54, 1.807) is 13.0 Å². The number of ether oxygens (including phenoxy) is 2. The lowest BCUT2D eigenvalue weighted by Gasteiger charge is -2.23. The Bertz CT molecular complexity index is 1180. The third-order valence-electron chi connectivity index (χ3n) is 5.81. The SMILES string of the molecule is CC(=O)c1cccc(-c2ccc3c(c2)C(C)(c2ccc4c(c2)OCO4)C(=O)N3)c1. The van der Waals surface area contributed by atoms with E-state index < -0.39 is 5.41 Å². The standard InChI is InChI=1S/C24H19NO4/c1-14(26)15-4-3-5-16(10-15)17-6-8-20-19(11-17)24(2,23(27)25-20)18-7-9-21-22(12-18)29-13-28-21/h3-12H,13H2,1-2H3,(H,25,27). The summed E-state index contributed by atoms with van der Waals surface area (Å²) in [5, 5.41) is 3.00. The van der Waals surface area contributed by atoms with Crippen molar-refractivity contribution in [2.75, 3.05) is 12.1 Å². The van der Waals surface area contributed by atoms with Gasteiger partial charge in [0.15, 0.2) is 17.3 Å². The number of Topliss-reactive ketones (excluding diaryl/α,β-unsaturated/α-hetero) is 1. The van der Waals surface area contributed by atoms with Crippen molar-refractivity contribution >= 4 is 17.4 Å². The zero-order valence-corrected chi connectivity index (χ0v) is 16.1. The fourth-order valence-electron chi connectivity index (χ4n) is 4.03. The third-order valence-corrected chi connectivity index (χ3v) is 5.81. The van der Waals surface area contributed by atoms with Crippen LogP contribution < -0.4 is 14.8 Å². The number of benzene rings is 3. The summed E-state index contributed by atoms with van der Waals surface area (Å²) >= 11 is 0. The molecule has 0 aliphatic carbocycles. The van der Waals surface area contributed by atoms with E-state index in [0.717, 1.165) is 27.9 Å². The maximum Gasteiger partial charge on any atom is 0.239 e. The summed E-state index contributed by atoms with van der Waals surface area (Å²) in [7, 11) is 0. The van der Waals surface area contributed by atoms with Crippen molar-refractivity contribution in [3.63, 3.8) is 0 Å². The molecule has 1 unspecified atom stereocenters. The molecule has 29 heavy (non-hydrogen) atoms. The van der Waals surface area contributed by atoms with Gasteiger partial charge in [0.2, 0.25) is 12.7 Å².